The van der Waals surface area contributed by atoms with Gasteiger partial charge in [-0.25, -0.2) is 0 Å². The summed E-state index contributed by atoms with van der Waals surface area (Å²) in [6, 6.07) is 10.8. The summed E-state index contributed by atoms with van der Waals surface area (Å²) in [6.45, 7) is 7.95. The smallest absolute Gasteiger partial charge is 0.0847 e. The maximum Gasteiger partial charge on any atom is 0.0847 e. The minimum absolute atomic E-state index is 0.264. The molecule has 108 valence electrons. The first-order chi connectivity index (χ1) is 9.67. The average Bonchev–Trinajstić information content (AvgIpc) is 2.75. The number of likely N-dealkylation sites (N-methyl/N-ethyl adjacent to an activating group) is 1. The maximum absolute atomic E-state index is 6.41. The molecule has 0 aliphatic heterocycles. The predicted octanol–water partition coefficient (Wildman–Crippen LogP) is 3.76. The molecule has 2 rings (SSSR count). The maximum atomic E-state index is 6.41. The van der Waals surface area contributed by atoms with Gasteiger partial charge < -0.3 is 5.32 Å². The van der Waals surface area contributed by atoms with Crippen LogP contribution in [0.25, 0.3) is 0 Å². The molecule has 1 heterocycles. The van der Waals surface area contributed by atoms with Crippen LogP contribution in [0.3, 0.4) is 0 Å². The molecule has 0 bridgehead atoms. The van der Waals surface area contributed by atoms with Crippen molar-refractivity contribution in [2.75, 3.05) is 6.54 Å². The fraction of sp³-hybridized carbons (Fsp3) is 0.438. The lowest BCUT2D eigenvalue weighted by atomic mass is 10.0. The third kappa shape index (κ3) is 3.22. The Labute approximate surface area is 126 Å². The van der Waals surface area contributed by atoms with Crippen LogP contribution >= 0.6 is 11.6 Å². The van der Waals surface area contributed by atoms with Gasteiger partial charge in [0.15, 0.2) is 0 Å². The first kappa shape index (κ1) is 15.1. The molecule has 0 saturated heterocycles. The fourth-order valence-electron chi connectivity index (χ4n) is 2.50. The standard InChI is InChI=1S/C16H22ClN3/c1-4-18-14(13-9-7-6-8-10-13)11-15-16(17)12(3)19-20(15)5-2/h6-10,14,18H,4-5,11H2,1-3H3. The van der Waals surface area contributed by atoms with Crippen LogP contribution in [0.15, 0.2) is 30.3 Å². The molecule has 3 nitrogen and oxygen atoms in total. The number of benzene rings is 1. The Hall–Kier alpha value is -1.32. The lowest BCUT2D eigenvalue weighted by Gasteiger charge is -2.19. The van der Waals surface area contributed by atoms with Gasteiger partial charge in [-0.3, -0.25) is 4.68 Å². The van der Waals surface area contributed by atoms with E-state index in [2.05, 4.69) is 48.5 Å². The molecule has 0 spiro atoms. The van der Waals surface area contributed by atoms with Gasteiger partial charge in [-0.2, -0.15) is 5.10 Å². The van der Waals surface area contributed by atoms with Gasteiger partial charge in [0.2, 0.25) is 0 Å². The van der Waals surface area contributed by atoms with E-state index in [0.717, 1.165) is 35.9 Å². The van der Waals surface area contributed by atoms with E-state index in [0.29, 0.717) is 0 Å². The molecule has 20 heavy (non-hydrogen) atoms. The quantitative estimate of drug-likeness (QED) is 0.878. The molecule has 1 aromatic heterocycles. The summed E-state index contributed by atoms with van der Waals surface area (Å²) >= 11 is 6.41. The Morgan fingerprint density at radius 3 is 2.55 bits per heavy atom. The van der Waals surface area contributed by atoms with Crippen LogP contribution in [-0.2, 0) is 13.0 Å². The summed E-state index contributed by atoms with van der Waals surface area (Å²) in [5, 5.41) is 8.82. The largest absolute Gasteiger partial charge is 0.310 e. The molecule has 1 atom stereocenters. The van der Waals surface area contributed by atoms with Gasteiger partial charge in [0.25, 0.3) is 0 Å². The Bertz CT molecular complexity index is 548. The van der Waals surface area contributed by atoms with Crippen LogP contribution in [0.1, 0.15) is 36.8 Å². The second kappa shape index (κ2) is 6.91. The van der Waals surface area contributed by atoms with Crippen LogP contribution in [0.5, 0.6) is 0 Å². The highest BCUT2D eigenvalue weighted by Gasteiger charge is 2.18. The Kier molecular flexibility index (Phi) is 5.21. The lowest BCUT2D eigenvalue weighted by molar-refractivity contribution is 0.516. The highest BCUT2D eigenvalue weighted by atomic mass is 35.5. The summed E-state index contributed by atoms with van der Waals surface area (Å²) in [4.78, 5) is 0. The zero-order chi connectivity index (χ0) is 14.5. The molecular formula is C16H22ClN3. The molecule has 0 aliphatic carbocycles. The number of nitrogens with one attached hydrogen (secondary N) is 1. The molecule has 0 radical (unpaired) electrons. The van der Waals surface area contributed by atoms with Gasteiger partial charge in [-0.05, 0) is 26.0 Å². The lowest BCUT2D eigenvalue weighted by Crippen LogP contribution is -2.24. The van der Waals surface area contributed by atoms with E-state index in [1.165, 1.54) is 5.56 Å². The monoisotopic (exact) mass is 291 g/mol. The van der Waals surface area contributed by atoms with E-state index in [-0.39, 0.29) is 6.04 Å². The Morgan fingerprint density at radius 1 is 1.25 bits per heavy atom. The van der Waals surface area contributed by atoms with Gasteiger partial charge in [-0.1, -0.05) is 48.9 Å². The first-order valence-electron chi connectivity index (χ1n) is 7.17. The Morgan fingerprint density at radius 2 is 1.95 bits per heavy atom. The summed E-state index contributed by atoms with van der Waals surface area (Å²) in [6.07, 6.45) is 0.853. The minimum atomic E-state index is 0.264. The van der Waals surface area contributed by atoms with Crippen LogP contribution in [-0.4, -0.2) is 16.3 Å². The van der Waals surface area contributed by atoms with Gasteiger partial charge in [0.05, 0.1) is 16.4 Å². The van der Waals surface area contributed by atoms with Gasteiger partial charge in [0, 0.05) is 19.0 Å². The second-order valence-corrected chi connectivity index (χ2v) is 5.26. The van der Waals surface area contributed by atoms with Crippen molar-refractivity contribution in [1.82, 2.24) is 15.1 Å². The highest BCUT2D eigenvalue weighted by Crippen LogP contribution is 2.26. The van der Waals surface area contributed by atoms with Crippen molar-refractivity contribution in [2.24, 2.45) is 0 Å². The molecule has 1 N–H and O–H groups in total. The number of rotatable bonds is 6. The normalized spacial score (nSPS) is 12.6. The molecular weight excluding hydrogens is 270 g/mol. The number of aryl methyl sites for hydroxylation is 2. The summed E-state index contributed by atoms with van der Waals surface area (Å²) in [5.74, 6) is 0. The van der Waals surface area contributed by atoms with Crippen LogP contribution in [0, 0.1) is 6.92 Å². The SMILES string of the molecule is CCNC(Cc1c(Cl)c(C)nn1CC)c1ccccc1. The van der Waals surface area contributed by atoms with E-state index in [4.69, 9.17) is 11.6 Å². The highest BCUT2D eigenvalue weighted by molar-refractivity contribution is 6.31. The molecule has 1 unspecified atom stereocenters. The number of aromatic nitrogens is 2. The van der Waals surface area contributed by atoms with Crippen LogP contribution in [0.2, 0.25) is 5.02 Å². The molecule has 2 aromatic rings. The molecule has 0 amide bonds. The molecule has 0 aliphatic rings. The average molecular weight is 292 g/mol. The van der Waals surface area contributed by atoms with Gasteiger partial charge >= 0.3 is 0 Å². The summed E-state index contributed by atoms with van der Waals surface area (Å²) in [5.41, 5.74) is 3.31. The van der Waals surface area contributed by atoms with Crippen molar-refractivity contribution >= 4 is 11.6 Å². The number of hydrogen-bond acceptors (Lipinski definition) is 2. The van der Waals surface area contributed by atoms with Crippen molar-refractivity contribution in [3.63, 3.8) is 0 Å². The molecule has 1 aromatic carbocycles. The van der Waals surface area contributed by atoms with E-state index >= 15 is 0 Å². The zero-order valence-corrected chi connectivity index (χ0v) is 13.1. The van der Waals surface area contributed by atoms with E-state index in [1.54, 1.807) is 0 Å². The molecule has 0 saturated carbocycles. The van der Waals surface area contributed by atoms with Gasteiger partial charge in [0.1, 0.15) is 0 Å². The third-order valence-electron chi connectivity index (χ3n) is 3.50. The Balaban J connectivity index is 2.29. The molecule has 4 heteroatoms. The fourth-order valence-corrected chi connectivity index (χ4v) is 2.71. The first-order valence-corrected chi connectivity index (χ1v) is 7.55. The number of nitrogens with zero attached hydrogens (tertiary/aromatic N) is 2. The van der Waals surface area contributed by atoms with Crippen LogP contribution < -0.4 is 5.32 Å². The topological polar surface area (TPSA) is 29.9 Å². The van der Waals surface area contributed by atoms with Crippen LogP contribution in [0.4, 0.5) is 0 Å². The van der Waals surface area contributed by atoms with Crippen molar-refractivity contribution in [3.05, 3.63) is 52.3 Å². The minimum Gasteiger partial charge on any atom is -0.310 e. The molecule has 0 fully saturated rings. The van der Waals surface area contributed by atoms with Crippen molar-refractivity contribution in [1.29, 1.82) is 0 Å². The number of hydrogen-bond donors (Lipinski definition) is 1. The third-order valence-corrected chi connectivity index (χ3v) is 3.99. The summed E-state index contributed by atoms with van der Waals surface area (Å²) < 4.78 is 2.00. The van der Waals surface area contributed by atoms with Crippen molar-refractivity contribution < 1.29 is 0 Å². The number of halogens is 1. The second-order valence-electron chi connectivity index (χ2n) is 4.89. The van der Waals surface area contributed by atoms with E-state index in [1.807, 2.05) is 17.7 Å². The van der Waals surface area contributed by atoms with E-state index in [9.17, 15) is 0 Å². The van der Waals surface area contributed by atoms with Crippen molar-refractivity contribution in [2.45, 2.75) is 39.8 Å². The van der Waals surface area contributed by atoms with Gasteiger partial charge in [-0.15, -0.1) is 0 Å². The van der Waals surface area contributed by atoms with E-state index < -0.39 is 0 Å². The zero-order valence-electron chi connectivity index (χ0n) is 12.4. The van der Waals surface area contributed by atoms with Crippen molar-refractivity contribution in [3.8, 4) is 0 Å². The summed E-state index contributed by atoms with van der Waals surface area (Å²) in [7, 11) is 0. The predicted molar refractivity (Wildman–Crippen MR) is 84.2 cm³/mol.